The third-order valence-electron chi connectivity index (χ3n) is 12.4. The average Bonchev–Trinajstić information content (AvgIpc) is 3.79. The molecule has 4 nitrogen and oxygen atoms in total. The van der Waals surface area contributed by atoms with E-state index in [1.54, 1.807) is 0 Å². The molecule has 0 bridgehead atoms. The van der Waals surface area contributed by atoms with Crippen LogP contribution in [0, 0.1) is 0 Å². The predicted molar refractivity (Wildman–Crippen MR) is 249 cm³/mol. The van der Waals surface area contributed by atoms with Crippen LogP contribution in [0.4, 0.5) is 0 Å². The summed E-state index contributed by atoms with van der Waals surface area (Å²) in [4.78, 5) is 11.1. The largest absolute Gasteiger partial charge is 0.308 e. The summed E-state index contributed by atoms with van der Waals surface area (Å²) in [5.74, 6) is 0.641. The summed E-state index contributed by atoms with van der Waals surface area (Å²) in [7, 11) is 0. The van der Waals surface area contributed by atoms with Gasteiger partial charge in [-0.25, -0.2) is 9.97 Å². The second kappa shape index (κ2) is 12.7. The molecular formula is C56H34N4. The summed E-state index contributed by atoms with van der Waals surface area (Å²) in [6, 6.07) is 74.3. The molecule has 0 amide bonds. The summed E-state index contributed by atoms with van der Waals surface area (Å²) in [6.07, 6.45) is 0. The van der Waals surface area contributed by atoms with E-state index in [4.69, 9.17) is 9.97 Å². The highest BCUT2D eigenvalue weighted by atomic mass is 15.2. The molecule has 0 fully saturated rings. The summed E-state index contributed by atoms with van der Waals surface area (Å²) in [5.41, 5.74) is 18.1. The van der Waals surface area contributed by atoms with E-state index in [1.807, 2.05) is 0 Å². The third-order valence-corrected chi connectivity index (χ3v) is 12.4. The number of benzene rings is 9. The zero-order valence-electron chi connectivity index (χ0n) is 32.4. The molecule has 0 spiro atoms. The van der Waals surface area contributed by atoms with Crippen molar-refractivity contribution < 1.29 is 0 Å². The van der Waals surface area contributed by atoms with E-state index in [1.165, 1.54) is 55.1 Å². The first-order valence-electron chi connectivity index (χ1n) is 20.5. The molecule has 0 radical (unpaired) electrons. The molecule has 0 aliphatic carbocycles. The van der Waals surface area contributed by atoms with Gasteiger partial charge in [0.1, 0.15) is 0 Å². The van der Waals surface area contributed by atoms with Crippen LogP contribution >= 0.6 is 0 Å². The van der Waals surface area contributed by atoms with Crippen LogP contribution in [-0.2, 0) is 0 Å². The van der Waals surface area contributed by atoms with Crippen LogP contribution in [0.25, 0.3) is 122 Å². The highest BCUT2D eigenvalue weighted by Crippen LogP contribution is 2.51. The van der Waals surface area contributed by atoms with E-state index in [0.29, 0.717) is 5.95 Å². The Morgan fingerprint density at radius 2 is 0.883 bits per heavy atom. The molecule has 0 saturated carbocycles. The van der Waals surface area contributed by atoms with Crippen LogP contribution in [0.2, 0.25) is 0 Å². The van der Waals surface area contributed by atoms with Gasteiger partial charge >= 0.3 is 0 Å². The lowest BCUT2D eigenvalue weighted by atomic mass is 9.91. The normalized spacial score (nSPS) is 12.0. The maximum atomic E-state index is 5.64. The van der Waals surface area contributed by atoms with Gasteiger partial charge in [-0.1, -0.05) is 158 Å². The van der Waals surface area contributed by atoms with E-state index >= 15 is 0 Å². The molecule has 60 heavy (non-hydrogen) atoms. The number of fused-ring (bicyclic) bond motifs is 13. The van der Waals surface area contributed by atoms with Gasteiger partial charge in [0, 0.05) is 43.6 Å². The van der Waals surface area contributed by atoms with E-state index in [-0.39, 0.29) is 0 Å². The van der Waals surface area contributed by atoms with Crippen LogP contribution in [0.1, 0.15) is 0 Å². The second-order valence-electron chi connectivity index (χ2n) is 15.7. The van der Waals surface area contributed by atoms with Crippen LogP contribution in [0.5, 0.6) is 0 Å². The molecule has 1 aliphatic rings. The van der Waals surface area contributed by atoms with Crippen LogP contribution in [-0.4, -0.2) is 19.1 Å². The Bertz CT molecular complexity index is 3650. The topological polar surface area (TPSA) is 35.6 Å². The van der Waals surface area contributed by atoms with E-state index < -0.39 is 0 Å². The van der Waals surface area contributed by atoms with E-state index in [0.717, 1.165) is 60.8 Å². The quantitative estimate of drug-likeness (QED) is 0.179. The van der Waals surface area contributed by atoms with Gasteiger partial charge in [0.05, 0.1) is 39.0 Å². The molecule has 12 aromatic rings. The standard InChI is InChI=1S/C56H34N4/c1-3-17-35(18-4-1)37-31-38(36-19-5-2-6-20-36)33-39(32-37)54-44-25-9-13-27-47(44)57-56(58-54)60-50-30-16-12-26-45(50)52-51(60)34-46-42-23-11-15-29-49(42)59-48-28-14-10-22-41(48)40-21-7-8-24-43(40)53(52)55(46)59/h1-34H. The maximum absolute atomic E-state index is 5.64. The second-order valence-corrected chi connectivity index (χ2v) is 15.7. The van der Waals surface area contributed by atoms with Crippen molar-refractivity contribution >= 4 is 54.5 Å². The molecule has 4 heteroatoms. The van der Waals surface area contributed by atoms with Crippen molar-refractivity contribution in [3.8, 4) is 67.4 Å². The van der Waals surface area contributed by atoms with Crippen LogP contribution < -0.4 is 0 Å². The van der Waals surface area contributed by atoms with Gasteiger partial charge in [-0.15, -0.1) is 0 Å². The number of rotatable bonds is 4. The Morgan fingerprint density at radius 1 is 0.333 bits per heavy atom. The zero-order valence-corrected chi connectivity index (χ0v) is 32.4. The Balaban J connectivity index is 1.17. The smallest absolute Gasteiger partial charge is 0.235 e. The molecule has 4 heterocycles. The van der Waals surface area contributed by atoms with Gasteiger partial charge in [-0.05, 0) is 81.9 Å². The Labute approximate surface area is 345 Å². The highest BCUT2D eigenvalue weighted by molar-refractivity contribution is 6.28. The Hall–Kier alpha value is -8.08. The minimum atomic E-state index is 0.641. The van der Waals surface area contributed by atoms with Crippen molar-refractivity contribution in [2.75, 3.05) is 0 Å². The molecule has 0 atom stereocenters. The summed E-state index contributed by atoms with van der Waals surface area (Å²) >= 11 is 0. The van der Waals surface area contributed by atoms with Crippen molar-refractivity contribution in [2.45, 2.75) is 0 Å². The lowest BCUT2D eigenvalue weighted by molar-refractivity contribution is 1.01. The van der Waals surface area contributed by atoms with Crippen molar-refractivity contribution in [3.63, 3.8) is 0 Å². The maximum Gasteiger partial charge on any atom is 0.235 e. The fraction of sp³-hybridized carbons (Fsp3) is 0. The summed E-state index contributed by atoms with van der Waals surface area (Å²) in [6.45, 7) is 0. The van der Waals surface area contributed by atoms with Gasteiger partial charge < -0.3 is 4.57 Å². The Kier molecular flexibility index (Phi) is 6.98. The molecule has 1 aliphatic heterocycles. The molecule has 13 rings (SSSR count). The molecule has 278 valence electrons. The number of aromatic nitrogens is 4. The summed E-state index contributed by atoms with van der Waals surface area (Å²) in [5, 5.41) is 5.78. The van der Waals surface area contributed by atoms with Gasteiger partial charge in [-0.3, -0.25) is 4.57 Å². The van der Waals surface area contributed by atoms with E-state index in [2.05, 4.69) is 215 Å². The fourth-order valence-electron chi connectivity index (χ4n) is 9.88. The minimum Gasteiger partial charge on any atom is -0.308 e. The average molecular weight is 763 g/mol. The monoisotopic (exact) mass is 762 g/mol. The molecule has 3 aromatic heterocycles. The fourth-order valence-corrected chi connectivity index (χ4v) is 9.88. The van der Waals surface area contributed by atoms with Crippen molar-refractivity contribution in [1.29, 1.82) is 0 Å². The SMILES string of the molecule is c1ccc(-c2cc(-c3ccccc3)cc(-c3nc(-n4c5ccccc5c5c6c7c(cc54)c4ccccc4n7-c4ccccc4-c4ccccc4-6)nc4ccccc34)c2)cc1. The number of para-hydroxylation sites is 4. The molecule has 0 unspecified atom stereocenters. The van der Waals surface area contributed by atoms with Gasteiger partial charge in [0.25, 0.3) is 0 Å². The molecule has 9 aromatic carbocycles. The lowest BCUT2D eigenvalue weighted by Crippen LogP contribution is -2.04. The first-order chi connectivity index (χ1) is 29.8. The van der Waals surface area contributed by atoms with Gasteiger partial charge in [0.15, 0.2) is 0 Å². The van der Waals surface area contributed by atoms with Crippen LogP contribution in [0.3, 0.4) is 0 Å². The molecule has 0 N–H and O–H groups in total. The van der Waals surface area contributed by atoms with Gasteiger partial charge in [0.2, 0.25) is 5.95 Å². The van der Waals surface area contributed by atoms with Crippen molar-refractivity contribution in [3.05, 3.63) is 206 Å². The van der Waals surface area contributed by atoms with Crippen LogP contribution in [0.15, 0.2) is 206 Å². The first-order valence-corrected chi connectivity index (χ1v) is 20.5. The Morgan fingerprint density at radius 3 is 1.62 bits per heavy atom. The number of nitrogens with zero attached hydrogens (tertiary/aromatic N) is 4. The first kappa shape index (κ1) is 32.9. The van der Waals surface area contributed by atoms with Gasteiger partial charge in [-0.2, -0.15) is 0 Å². The van der Waals surface area contributed by atoms with Crippen molar-refractivity contribution in [2.24, 2.45) is 0 Å². The van der Waals surface area contributed by atoms with Crippen molar-refractivity contribution in [1.82, 2.24) is 19.1 Å². The van der Waals surface area contributed by atoms with E-state index in [9.17, 15) is 0 Å². The minimum absolute atomic E-state index is 0.641. The molecular weight excluding hydrogens is 729 g/mol. The number of hydrogen-bond donors (Lipinski definition) is 0. The predicted octanol–water partition coefficient (Wildman–Crippen LogP) is 14.5. The zero-order chi connectivity index (χ0) is 39.3. The highest BCUT2D eigenvalue weighted by Gasteiger charge is 2.29. The third kappa shape index (κ3) is 4.73. The lowest BCUT2D eigenvalue weighted by Gasteiger charge is -2.15. The molecule has 0 saturated heterocycles. The summed E-state index contributed by atoms with van der Waals surface area (Å²) < 4.78 is 4.80. The number of hydrogen-bond acceptors (Lipinski definition) is 2.